The lowest BCUT2D eigenvalue weighted by molar-refractivity contribution is -0.125. The van der Waals surface area contributed by atoms with Crippen LogP contribution in [0.5, 0.6) is 0 Å². The Morgan fingerprint density at radius 3 is 2.48 bits per heavy atom. The number of rotatable bonds is 2. The number of hydrogen-bond acceptors (Lipinski definition) is 4. The summed E-state index contributed by atoms with van der Waals surface area (Å²) in [4.78, 5) is 28.0. The molecule has 2 rings (SSSR count). The van der Waals surface area contributed by atoms with Crippen LogP contribution in [0, 0.1) is 0 Å². The molecule has 1 N–H and O–H groups in total. The van der Waals surface area contributed by atoms with Gasteiger partial charge < -0.3 is 15.0 Å². The zero-order valence-electron chi connectivity index (χ0n) is 13.5. The lowest BCUT2D eigenvalue weighted by atomic mass is 10.2. The van der Waals surface area contributed by atoms with E-state index in [1.54, 1.807) is 4.90 Å². The Morgan fingerprint density at radius 2 is 1.90 bits per heavy atom. The van der Waals surface area contributed by atoms with E-state index in [1.807, 2.05) is 27.8 Å². The number of ether oxygens (including phenoxy) is 1. The average molecular weight is 297 g/mol. The SMILES string of the molecule is CN1CCC[C@H]1C(=O)N[C@H]1CCN(C(=O)OC(C)(C)C)C1. The van der Waals surface area contributed by atoms with Crippen molar-refractivity contribution in [2.24, 2.45) is 0 Å². The Balaban J connectivity index is 1.80. The smallest absolute Gasteiger partial charge is 0.410 e. The fraction of sp³-hybridized carbons (Fsp3) is 0.867. The van der Waals surface area contributed by atoms with Gasteiger partial charge in [0.05, 0.1) is 6.04 Å². The molecular weight excluding hydrogens is 270 g/mol. The van der Waals surface area contributed by atoms with Crippen LogP contribution in [-0.2, 0) is 9.53 Å². The van der Waals surface area contributed by atoms with Crippen LogP contribution in [0.1, 0.15) is 40.0 Å². The molecule has 2 aliphatic rings. The number of carbonyl (C=O) groups excluding carboxylic acids is 2. The van der Waals surface area contributed by atoms with Crippen LogP contribution >= 0.6 is 0 Å². The normalized spacial score (nSPS) is 27.0. The maximum atomic E-state index is 12.2. The van der Waals surface area contributed by atoms with Crippen LogP contribution in [0.2, 0.25) is 0 Å². The minimum atomic E-state index is -0.481. The lowest BCUT2D eigenvalue weighted by Crippen LogP contribution is -2.47. The molecule has 120 valence electrons. The zero-order valence-corrected chi connectivity index (χ0v) is 13.5. The monoisotopic (exact) mass is 297 g/mol. The quantitative estimate of drug-likeness (QED) is 0.832. The Bertz CT molecular complexity index is 405. The lowest BCUT2D eigenvalue weighted by Gasteiger charge is -2.25. The van der Waals surface area contributed by atoms with E-state index in [9.17, 15) is 9.59 Å². The molecule has 21 heavy (non-hydrogen) atoms. The van der Waals surface area contributed by atoms with Gasteiger partial charge in [0.1, 0.15) is 5.60 Å². The molecule has 6 nitrogen and oxygen atoms in total. The van der Waals surface area contributed by atoms with Crippen molar-refractivity contribution in [3.8, 4) is 0 Å². The molecule has 2 atom stereocenters. The standard InChI is InChI=1S/C15H27N3O3/c1-15(2,3)21-14(20)18-9-7-11(10-18)16-13(19)12-6-5-8-17(12)4/h11-12H,5-10H2,1-4H3,(H,16,19)/t11-,12-/m0/s1. The summed E-state index contributed by atoms with van der Waals surface area (Å²) in [6.07, 6.45) is 2.49. The van der Waals surface area contributed by atoms with E-state index in [0.29, 0.717) is 13.1 Å². The van der Waals surface area contributed by atoms with Gasteiger partial charge in [-0.25, -0.2) is 4.79 Å². The van der Waals surface area contributed by atoms with Crippen LogP contribution in [-0.4, -0.2) is 66.2 Å². The Labute approximate surface area is 126 Å². The highest BCUT2D eigenvalue weighted by Crippen LogP contribution is 2.18. The van der Waals surface area contributed by atoms with Crippen LogP contribution in [0.15, 0.2) is 0 Å². The first-order valence-electron chi connectivity index (χ1n) is 7.75. The van der Waals surface area contributed by atoms with Gasteiger partial charge in [-0.2, -0.15) is 0 Å². The van der Waals surface area contributed by atoms with E-state index < -0.39 is 5.60 Å². The molecule has 0 unspecified atom stereocenters. The van der Waals surface area contributed by atoms with Crippen LogP contribution in [0.25, 0.3) is 0 Å². The Hall–Kier alpha value is -1.30. The maximum absolute atomic E-state index is 12.2. The second-order valence-corrected chi connectivity index (χ2v) is 7.06. The summed E-state index contributed by atoms with van der Waals surface area (Å²) in [7, 11) is 1.99. The van der Waals surface area contributed by atoms with Crippen molar-refractivity contribution in [2.45, 2.75) is 57.7 Å². The number of likely N-dealkylation sites (N-methyl/N-ethyl adjacent to an activating group) is 1. The molecule has 0 saturated carbocycles. The van der Waals surface area contributed by atoms with Crippen LogP contribution in [0.4, 0.5) is 4.79 Å². The van der Waals surface area contributed by atoms with E-state index in [0.717, 1.165) is 25.8 Å². The number of amides is 2. The highest BCUT2D eigenvalue weighted by atomic mass is 16.6. The van der Waals surface area contributed by atoms with E-state index in [1.165, 1.54) is 0 Å². The summed E-state index contributed by atoms with van der Waals surface area (Å²) in [5.41, 5.74) is -0.481. The summed E-state index contributed by atoms with van der Waals surface area (Å²) in [6, 6.07) is 0.0274. The molecule has 6 heteroatoms. The molecule has 0 aliphatic carbocycles. The minimum absolute atomic E-state index is 0.0134. The molecule has 2 heterocycles. The third-order valence-electron chi connectivity index (χ3n) is 4.01. The van der Waals surface area contributed by atoms with Gasteiger partial charge in [0.25, 0.3) is 0 Å². The van der Waals surface area contributed by atoms with Gasteiger partial charge in [-0.1, -0.05) is 0 Å². The fourth-order valence-corrected chi connectivity index (χ4v) is 2.91. The fourth-order valence-electron chi connectivity index (χ4n) is 2.91. The van der Waals surface area contributed by atoms with Gasteiger partial charge in [0.2, 0.25) is 5.91 Å². The van der Waals surface area contributed by atoms with Gasteiger partial charge in [0.15, 0.2) is 0 Å². The predicted octanol–water partition coefficient (Wildman–Crippen LogP) is 1.21. The number of likely N-dealkylation sites (tertiary alicyclic amines) is 2. The van der Waals surface area contributed by atoms with Gasteiger partial charge in [-0.3, -0.25) is 9.69 Å². The van der Waals surface area contributed by atoms with Gasteiger partial charge in [-0.05, 0) is 53.6 Å². The maximum Gasteiger partial charge on any atom is 0.410 e. The molecule has 2 saturated heterocycles. The third kappa shape index (κ3) is 4.33. The second kappa shape index (κ2) is 6.22. The molecule has 0 aromatic rings. The van der Waals surface area contributed by atoms with Crippen molar-refractivity contribution in [1.82, 2.24) is 15.1 Å². The van der Waals surface area contributed by atoms with E-state index >= 15 is 0 Å². The van der Waals surface area contributed by atoms with E-state index in [-0.39, 0.29) is 24.1 Å². The second-order valence-electron chi connectivity index (χ2n) is 7.06. The van der Waals surface area contributed by atoms with E-state index in [4.69, 9.17) is 4.74 Å². The molecule has 0 bridgehead atoms. The molecule has 0 aromatic carbocycles. The highest BCUT2D eigenvalue weighted by molar-refractivity contribution is 5.82. The van der Waals surface area contributed by atoms with Crippen LogP contribution < -0.4 is 5.32 Å². The molecule has 0 aromatic heterocycles. The topological polar surface area (TPSA) is 61.9 Å². The number of hydrogen-bond donors (Lipinski definition) is 1. The van der Waals surface area contributed by atoms with Gasteiger partial charge >= 0.3 is 6.09 Å². The van der Waals surface area contributed by atoms with Crippen molar-refractivity contribution in [3.05, 3.63) is 0 Å². The number of nitrogens with zero attached hydrogens (tertiary/aromatic N) is 2. The van der Waals surface area contributed by atoms with Gasteiger partial charge in [0, 0.05) is 19.1 Å². The number of nitrogens with one attached hydrogen (secondary N) is 1. The zero-order chi connectivity index (χ0) is 15.6. The summed E-state index contributed by atoms with van der Waals surface area (Å²) in [5.74, 6) is 0.0889. The van der Waals surface area contributed by atoms with Crippen molar-refractivity contribution in [1.29, 1.82) is 0 Å². The van der Waals surface area contributed by atoms with Crippen molar-refractivity contribution < 1.29 is 14.3 Å². The summed E-state index contributed by atoms with van der Waals surface area (Å²) < 4.78 is 5.36. The Kier molecular flexibility index (Phi) is 4.76. The van der Waals surface area contributed by atoms with Crippen LogP contribution in [0.3, 0.4) is 0 Å². The molecule has 0 spiro atoms. The summed E-state index contributed by atoms with van der Waals surface area (Å²) >= 11 is 0. The molecule has 0 radical (unpaired) electrons. The predicted molar refractivity (Wildman–Crippen MR) is 80.0 cm³/mol. The molecule has 2 amide bonds. The van der Waals surface area contributed by atoms with Crippen molar-refractivity contribution in [2.75, 3.05) is 26.7 Å². The first-order chi connectivity index (χ1) is 9.76. The minimum Gasteiger partial charge on any atom is -0.444 e. The average Bonchev–Trinajstić information content (AvgIpc) is 2.95. The first-order valence-corrected chi connectivity index (χ1v) is 7.75. The molecular formula is C15H27N3O3. The highest BCUT2D eigenvalue weighted by Gasteiger charge is 2.33. The summed E-state index contributed by atoms with van der Waals surface area (Å²) in [6.45, 7) is 7.73. The van der Waals surface area contributed by atoms with E-state index in [2.05, 4.69) is 10.2 Å². The van der Waals surface area contributed by atoms with Crippen molar-refractivity contribution in [3.63, 3.8) is 0 Å². The number of carbonyl (C=O) groups is 2. The Morgan fingerprint density at radius 1 is 1.19 bits per heavy atom. The molecule has 2 fully saturated rings. The van der Waals surface area contributed by atoms with Crippen molar-refractivity contribution >= 4 is 12.0 Å². The first kappa shape index (κ1) is 16.1. The van der Waals surface area contributed by atoms with Gasteiger partial charge in [-0.15, -0.1) is 0 Å². The summed E-state index contributed by atoms with van der Waals surface area (Å²) in [5, 5.41) is 3.07. The molecule has 2 aliphatic heterocycles. The third-order valence-corrected chi connectivity index (χ3v) is 4.01. The largest absolute Gasteiger partial charge is 0.444 e.